The molecule has 0 fully saturated rings. The number of hydrogen-bond donors (Lipinski definition) is 3. The minimum atomic E-state index is -4.22. The summed E-state index contributed by atoms with van der Waals surface area (Å²) >= 11 is 11.9. The molecule has 0 bridgehead atoms. The Kier molecular flexibility index (Phi) is 7.79. The van der Waals surface area contributed by atoms with Crippen molar-refractivity contribution >= 4 is 60.3 Å². The maximum absolute atomic E-state index is 15.0. The van der Waals surface area contributed by atoms with E-state index in [-0.39, 0.29) is 32.5 Å². The van der Waals surface area contributed by atoms with Crippen molar-refractivity contribution < 1.29 is 21.8 Å². The van der Waals surface area contributed by atoms with Crippen molar-refractivity contribution in [2.24, 2.45) is 0 Å². The lowest BCUT2D eigenvalue weighted by atomic mass is 10.1. The van der Waals surface area contributed by atoms with E-state index in [9.17, 15) is 17.0 Å². The Morgan fingerprint density at radius 1 is 1.03 bits per heavy atom. The van der Waals surface area contributed by atoms with Gasteiger partial charge in [-0.1, -0.05) is 41.4 Å². The Morgan fingerprint density at radius 3 is 2.45 bits per heavy atom. The molecule has 3 aromatic carbocycles. The summed E-state index contributed by atoms with van der Waals surface area (Å²) < 4.78 is 67.8. The molecule has 3 N–H and O–H groups in total. The van der Waals surface area contributed by atoms with Crippen LogP contribution >= 0.6 is 23.2 Å². The van der Waals surface area contributed by atoms with Gasteiger partial charge in [-0.15, -0.1) is 0 Å². The van der Waals surface area contributed by atoms with E-state index in [1.165, 1.54) is 49.9 Å². The summed E-state index contributed by atoms with van der Waals surface area (Å²) in [5.74, 6) is -0.584. The van der Waals surface area contributed by atoms with Crippen molar-refractivity contribution in [1.29, 1.82) is 4.78 Å². The van der Waals surface area contributed by atoms with Crippen molar-refractivity contribution in [3.63, 3.8) is 0 Å². The summed E-state index contributed by atoms with van der Waals surface area (Å²) in [6.07, 6.45) is 2.73. The van der Waals surface area contributed by atoms with E-state index >= 15 is 0 Å². The SMILES string of the molecule is COc1nc(Nc2cccc(S(C)(=N)=O)c2)ncc1-c1ccc(NS(=O)(=O)c2cccc(Cl)c2Cl)c(F)c1. The van der Waals surface area contributed by atoms with Crippen LogP contribution in [0.5, 0.6) is 5.88 Å². The van der Waals surface area contributed by atoms with Crippen molar-refractivity contribution in [3.05, 3.63) is 82.7 Å². The number of hydrogen-bond acceptors (Lipinski definition) is 8. The second-order valence-corrected chi connectivity index (χ2v) is 12.6. The minimum absolute atomic E-state index is 0.0458. The van der Waals surface area contributed by atoms with Crippen LogP contribution in [0.1, 0.15) is 0 Å². The average molecular weight is 596 g/mol. The van der Waals surface area contributed by atoms with Crippen LogP contribution in [0.4, 0.5) is 21.7 Å². The van der Waals surface area contributed by atoms with E-state index in [2.05, 4.69) is 20.0 Å². The van der Waals surface area contributed by atoms with Crippen LogP contribution in [0.25, 0.3) is 11.1 Å². The van der Waals surface area contributed by atoms with Gasteiger partial charge in [0.15, 0.2) is 0 Å². The third kappa shape index (κ3) is 5.99. The van der Waals surface area contributed by atoms with Gasteiger partial charge in [-0.3, -0.25) is 4.72 Å². The van der Waals surface area contributed by atoms with Crippen LogP contribution in [0.15, 0.2) is 76.7 Å². The van der Waals surface area contributed by atoms with Crippen molar-refractivity contribution in [3.8, 4) is 17.0 Å². The van der Waals surface area contributed by atoms with Crippen LogP contribution in [-0.4, -0.2) is 36.0 Å². The molecule has 1 aromatic heterocycles. The molecule has 9 nitrogen and oxygen atoms in total. The zero-order chi connectivity index (χ0) is 27.7. The molecule has 1 atom stereocenters. The molecular formula is C24H20Cl2FN5O4S2. The molecule has 0 spiro atoms. The van der Waals surface area contributed by atoms with E-state index in [0.717, 1.165) is 6.07 Å². The average Bonchev–Trinajstić information content (AvgIpc) is 2.86. The Balaban J connectivity index is 1.60. The topological polar surface area (TPSA) is 134 Å². The molecule has 0 aliphatic rings. The van der Waals surface area contributed by atoms with Gasteiger partial charge in [0.2, 0.25) is 11.8 Å². The number of anilines is 3. The molecule has 198 valence electrons. The van der Waals surface area contributed by atoms with Gasteiger partial charge in [0.1, 0.15) is 10.7 Å². The van der Waals surface area contributed by atoms with E-state index < -0.39 is 25.6 Å². The molecule has 0 radical (unpaired) electrons. The standard InChI is InChI=1S/C24H20Cl2FN5O4S2/c1-36-23-17(13-29-24(31-23)30-15-5-3-6-16(12-15)37(2,28)33)14-9-10-20(19(27)11-14)32-38(34,35)21-8-4-7-18(25)22(21)26/h3-13,28,32H,1-2H3,(H,29,30,31). The maximum atomic E-state index is 15.0. The summed E-state index contributed by atoms with van der Waals surface area (Å²) in [5.41, 5.74) is 0.892. The quantitative estimate of drug-likeness (QED) is 0.221. The van der Waals surface area contributed by atoms with Crippen LogP contribution < -0.4 is 14.8 Å². The molecule has 14 heteroatoms. The first kappa shape index (κ1) is 27.6. The van der Waals surface area contributed by atoms with Gasteiger partial charge in [-0.25, -0.2) is 26.8 Å². The monoisotopic (exact) mass is 595 g/mol. The molecule has 0 aliphatic carbocycles. The van der Waals surface area contributed by atoms with Gasteiger partial charge in [-0.05, 0) is 48.0 Å². The number of aromatic nitrogens is 2. The van der Waals surface area contributed by atoms with E-state index in [1.807, 2.05) is 0 Å². The number of nitrogens with zero attached hydrogens (tertiary/aromatic N) is 2. The fourth-order valence-corrected chi connectivity index (χ4v) is 5.90. The largest absolute Gasteiger partial charge is 0.480 e. The molecule has 1 heterocycles. The number of nitrogens with one attached hydrogen (secondary N) is 3. The number of ether oxygens (including phenoxy) is 1. The molecule has 0 amide bonds. The molecule has 0 saturated heterocycles. The summed E-state index contributed by atoms with van der Waals surface area (Å²) in [6, 6.07) is 14.5. The van der Waals surface area contributed by atoms with Crippen molar-refractivity contribution in [2.45, 2.75) is 9.79 Å². The second kappa shape index (κ2) is 10.7. The summed E-state index contributed by atoms with van der Waals surface area (Å²) in [4.78, 5) is 8.59. The number of benzene rings is 3. The molecular weight excluding hydrogens is 576 g/mol. The normalized spacial score (nSPS) is 13.0. The summed E-state index contributed by atoms with van der Waals surface area (Å²) in [5, 5.41) is 2.83. The van der Waals surface area contributed by atoms with Gasteiger partial charge >= 0.3 is 0 Å². The van der Waals surface area contributed by atoms with Crippen molar-refractivity contribution in [2.75, 3.05) is 23.4 Å². The molecule has 0 aliphatic heterocycles. The molecule has 1 unspecified atom stereocenters. The van der Waals surface area contributed by atoms with Crippen LogP contribution in [0.2, 0.25) is 10.0 Å². The molecule has 4 aromatic rings. The Hall–Kier alpha value is -3.45. The highest BCUT2D eigenvalue weighted by Crippen LogP contribution is 2.34. The summed E-state index contributed by atoms with van der Waals surface area (Å²) in [6.45, 7) is 0. The van der Waals surface area contributed by atoms with Gasteiger partial charge in [0.25, 0.3) is 10.0 Å². The number of sulfonamides is 1. The maximum Gasteiger partial charge on any atom is 0.263 e. The van der Waals surface area contributed by atoms with Gasteiger partial charge in [0, 0.05) is 23.0 Å². The first-order valence-electron chi connectivity index (χ1n) is 10.7. The highest BCUT2D eigenvalue weighted by molar-refractivity contribution is 7.93. The Labute approximate surface area is 229 Å². The number of rotatable bonds is 8. The summed E-state index contributed by atoms with van der Waals surface area (Å²) in [7, 11) is -5.74. The molecule has 38 heavy (non-hydrogen) atoms. The first-order chi connectivity index (χ1) is 17.9. The van der Waals surface area contributed by atoms with Gasteiger partial charge < -0.3 is 10.1 Å². The van der Waals surface area contributed by atoms with E-state index in [4.69, 9.17) is 32.7 Å². The van der Waals surface area contributed by atoms with Crippen LogP contribution in [-0.2, 0) is 19.8 Å². The van der Waals surface area contributed by atoms with Gasteiger partial charge in [0.05, 0.1) is 38.1 Å². The highest BCUT2D eigenvalue weighted by atomic mass is 35.5. The molecule has 0 saturated carbocycles. The fraction of sp³-hybridized carbons (Fsp3) is 0.0833. The molecule has 4 rings (SSSR count). The van der Waals surface area contributed by atoms with Crippen LogP contribution in [0, 0.1) is 10.6 Å². The lowest BCUT2D eigenvalue weighted by Gasteiger charge is -2.13. The van der Waals surface area contributed by atoms with Crippen molar-refractivity contribution in [1.82, 2.24) is 9.97 Å². The predicted molar refractivity (Wildman–Crippen MR) is 146 cm³/mol. The number of methoxy groups -OCH3 is 1. The lowest BCUT2D eigenvalue weighted by Crippen LogP contribution is -2.14. The predicted octanol–water partition coefficient (Wildman–Crippen LogP) is 6.18. The fourth-order valence-electron chi connectivity index (χ4n) is 3.38. The van der Waals surface area contributed by atoms with E-state index in [0.29, 0.717) is 21.7 Å². The first-order valence-corrected chi connectivity index (χ1v) is 14.9. The minimum Gasteiger partial charge on any atom is -0.480 e. The Bertz CT molecular complexity index is 1750. The van der Waals surface area contributed by atoms with Gasteiger partial charge in [-0.2, -0.15) is 4.98 Å². The van der Waals surface area contributed by atoms with Crippen LogP contribution in [0.3, 0.4) is 0 Å². The lowest BCUT2D eigenvalue weighted by molar-refractivity contribution is 0.399. The Morgan fingerprint density at radius 2 is 1.76 bits per heavy atom. The highest BCUT2D eigenvalue weighted by Gasteiger charge is 2.22. The number of halogens is 3. The third-order valence-corrected chi connectivity index (χ3v) is 8.71. The van der Waals surface area contributed by atoms with E-state index in [1.54, 1.807) is 24.3 Å². The zero-order valence-corrected chi connectivity index (χ0v) is 23.0. The smallest absolute Gasteiger partial charge is 0.263 e. The second-order valence-electron chi connectivity index (χ2n) is 7.97. The zero-order valence-electron chi connectivity index (χ0n) is 19.8. The third-order valence-electron chi connectivity index (χ3n) is 5.22.